The van der Waals surface area contributed by atoms with Crippen molar-refractivity contribution in [1.29, 1.82) is 0 Å². The molecular weight excluding hydrogens is 426 g/mol. The average Bonchev–Trinajstić information content (AvgIpc) is 3.30. The van der Waals surface area contributed by atoms with Crippen LogP contribution >= 0.6 is 0 Å². The first kappa shape index (κ1) is 21.8. The fraction of sp³-hybridized carbons (Fsp3) is 0.261. The Morgan fingerprint density at radius 2 is 1.97 bits per heavy atom. The molecule has 0 saturated carbocycles. The van der Waals surface area contributed by atoms with Gasteiger partial charge in [0.25, 0.3) is 15.9 Å². The van der Waals surface area contributed by atoms with Gasteiger partial charge in [0.05, 0.1) is 22.3 Å². The van der Waals surface area contributed by atoms with Gasteiger partial charge in [-0.3, -0.25) is 9.78 Å². The van der Waals surface area contributed by atoms with E-state index in [-0.39, 0.29) is 10.8 Å². The van der Waals surface area contributed by atoms with E-state index in [9.17, 15) is 13.2 Å². The highest BCUT2D eigenvalue weighted by molar-refractivity contribution is 7.90. The maximum Gasteiger partial charge on any atom is 0.284 e. The first-order valence-corrected chi connectivity index (χ1v) is 11.8. The number of likely N-dealkylation sites (tertiary alicyclic amines) is 1. The van der Waals surface area contributed by atoms with Crippen molar-refractivity contribution in [3.63, 3.8) is 0 Å². The summed E-state index contributed by atoms with van der Waals surface area (Å²) in [7, 11) is -2.03. The number of hydrogen-bond donors (Lipinski definition) is 1. The number of carbonyl (C=O) groups is 1. The van der Waals surface area contributed by atoms with E-state index in [0.717, 1.165) is 30.0 Å². The molecule has 1 saturated heterocycles. The molecule has 2 aromatic heterocycles. The topological polar surface area (TPSA) is 96.7 Å². The van der Waals surface area contributed by atoms with Crippen LogP contribution in [0.4, 0.5) is 5.69 Å². The summed E-state index contributed by atoms with van der Waals surface area (Å²) in [4.78, 5) is 19.0. The number of amidine groups is 1. The minimum absolute atomic E-state index is 0.0453. The van der Waals surface area contributed by atoms with E-state index in [1.165, 1.54) is 12.1 Å². The Morgan fingerprint density at radius 1 is 1.16 bits per heavy atom. The minimum Gasteiger partial charge on any atom is -0.362 e. The molecule has 8 nitrogen and oxygen atoms in total. The van der Waals surface area contributed by atoms with Crippen molar-refractivity contribution < 1.29 is 13.2 Å². The molecule has 0 bridgehead atoms. The third kappa shape index (κ3) is 4.29. The Balaban J connectivity index is 1.59. The number of aromatic nitrogens is 2. The maximum atomic E-state index is 13.0. The van der Waals surface area contributed by atoms with Gasteiger partial charge in [-0.15, -0.1) is 4.40 Å². The highest BCUT2D eigenvalue weighted by Gasteiger charge is 2.21. The molecular formula is C23H25N5O3S. The summed E-state index contributed by atoms with van der Waals surface area (Å²) in [6, 6.07) is 11.7. The number of pyridine rings is 1. The fourth-order valence-corrected chi connectivity index (χ4v) is 5.05. The molecule has 3 aromatic rings. The van der Waals surface area contributed by atoms with Crippen LogP contribution in [-0.2, 0) is 10.0 Å². The van der Waals surface area contributed by atoms with Gasteiger partial charge in [0, 0.05) is 43.3 Å². The smallest absolute Gasteiger partial charge is 0.284 e. The molecule has 0 spiro atoms. The van der Waals surface area contributed by atoms with E-state index in [1.54, 1.807) is 30.6 Å². The average molecular weight is 452 g/mol. The Kier molecular flexibility index (Phi) is 5.84. The lowest BCUT2D eigenvalue weighted by molar-refractivity contribution is 0.102. The second kappa shape index (κ2) is 8.58. The summed E-state index contributed by atoms with van der Waals surface area (Å²) in [6.07, 6.45) is 4.96. The van der Waals surface area contributed by atoms with Gasteiger partial charge >= 0.3 is 0 Å². The maximum absolute atomic E-state index is 13.0. The number of hydrogen-bond acceptors (Lipinski definition) is 4. The number of nitrogens with zero attached hydrogens (tertiary/aromatic N) is 4. The fourth-order valence-electron chi connectivity index (χ4n) is 3.91. The quantitative estimate of drug-likeness (QED) is 0.640. The number of sulfonamides is 1. The predicted octanol–water partition coefficient (Wildman–Crippen LogP) is 3.55. The molecule has 32 heavy (non-hydrogen) atoms. The molecule has 0 radical (unpaired) electrons. The van der Waals surface area contributed by atoms with Gasteiger partial charge in [0.15, 0.2) is 0 Å². The Labute approximate surface area is 187 Å². The molecule has 1 aliphatic heterocycles. The van der Waals surface area contributed by atoms with Gasteiger partial charge in [-0.2, -0.15) is 8.42 Å². The lowest BCUT2D eigenvalue weighted by Gasteiger charge is -2.11. The van der Waals surface area contributed by atoms with E-state index < -0.39 is 10.0 Å². The van der Waals surface area contributed by atoms with Crippen molar-refractivity contribution in [2.45, 2.75) is 31.6 Å². The molecule has 3 heterocycles. The SMILES string of the molecule is Cc1cc(C(=O)Nc2cccc(S(=O)(=O)/N=C3/CCCN3C)c2)c(C)n1-c1cccnc1. The van der Waals surface area contributed by atoms with Crippen molar-refractivity contribution in [3.8, 4) is 5.69 Å². The summed E-state index contributed by atoms with van der Waals surface area (Å²) in [5.74, 6) is 0.243. The summed E-state index contributed by atoms with van der Waals surface area (Å²) in [5.41, 5.74) is 3.43. The van der Waals surface area contributed by atoms with Crippen LogP contribution in [0.5, 0.6) is 0 Å². The summed E-state index contributed by atoms with van der Waals surface area (Å²) >= 11 is 0. The number of carbonyl (C=O) groups excluding carboxylic acids is 1. The van der Waals surface area contributed by atoms with E-state index in [4.69, 9.17) is 0 Å². The van der Waals surface area contributed by atoms with Crippen LogP contribution in [0.15, 0.2) is 64.2 Å². The number of benzene rings is 1. The van der Waals surface area contributed by atoms with Crippen LogP contribution in [0.1, 0.15) is 34.6 Å². The zero-order valence-electron chi connectivity index (χ0n) is 18.2. The molecule has 166 valence electrons. The number of amides is 1. The molecule has 1 fully saturated rings. The van der Waals surface area contributed by atoms with Gasteiger partial charge in [-0.25, -0.2) is 0 Å². The summed E-state index contributed by atoms with van der Waals surface area (Å²) in [6.45, 7) is 4.58. The molecule has 0 aliphatic carbocycles. The Bertz CT molecular complexity index is 1300. The highest BCUT2D eigenvalue weighted by Crippen LogP contribution is 2.23. The molecule has 1 aliphatic rings. The van der Waals surface area contributed by atoms with Crippen molar-refractivity contribution in [2.24, 2.45) is 4.40 Å². The number of rotatable bonds is 5. The lowest BCUT2D eigenvalue weighted by atomic mass is 10.2. The predicted molar refractivity (Wildman–Crippen MR) is 124 cm³/mol. The second-order valence-corrected chi connectivity index (χ2v) is 9.43. The van der Waals surface area contributed by atoms with Crippen LogP contribution < -0.4 is 5.32 Å². The molecule has 1 aromatic carbocycles. The molecule has 4 rings (SSSR count). The van der Waals surface area contributed by atoms with Crippen LogP contribution in [0.2, 0.25) is 0 Å². The van der Waals surface area contributed by atoms with Gasteiger partial charge in [-0.05, 0) is 56.7 Å². The third-order valence-corrected chi connectivity index (χ3v) is 6.83. The van der Waals surface area contributed by atoms with Gasteiger partial charge in [-0.1, -0.05) is 6.07 Å². The van der Waals surface area contributed by atoms with E-state index in [1.807, 2.05) is 42.5 Å². The van der Waals surface area contributed by atoms with Crippen LogP contribution in [-0.4, -0.2) is 48.2 Å². The zero-order chi connectivity index (χ0) is 22.9. The van der Waals surface area contributed by atoms with Gasteiger partial charge in [0.2, 0.25) is 0 Å². The van der Waals surface area contributed by atoms with Crippen molar-refractivity contribution in [2.75, 3.05) is 18.9 Å². The molecule has 9 heteroatoms. The Hall–Kier alpha value is -3.46. The Morgan fingerprint density at radius 3 is 2.66 bits per heavy atom. The zero-order valence-corrected chi connectivity index (χ0v) is 19.1. The van der Waals surface area contributed by atoms with Gasteiger partial charge < -0.3 is 14.8 Å². The van der Waals surface area contributed by atoms with Crippen molar-refractivity contribution in [1.82, 2.24) is 14.5 Å². The van der Waals surface area contributed by atoms with Crippen LogP contribution in [0.3, 0.4) is 0 Å². The number of nitrogens with one attached hydrogen (secondary N) is 1. The first-order chi connectivity index (χ1) is 15.3. The number of anilines is 1. The standard InChI is InChI=1S/C23H25N5O3S/c1-16-13-21(17(2)28(16)19-8-5-11-24-15-19)23(29)25-18-7-4-9-20(14-18)32(30,31)26-22-10-6-12-27(22)3/h4-5,7-9,11,13-15H,6,10,12H2,1-3H3,(H,25,29)/b26-22-. The first-order valence-electron chi connectivity index (χ1n) is 10.3. The molecule has 0 unspecified atom stereocenters. The van der Waals surface area contributed by atoms with Crippen LogP contribution in [0, 0.1) is 13.8 Å². The van der Waals surface area contributed by atoms with E-state index in [2.05, 4.69) is 14.7 Å². The van der Waals surface area contributed by atoms with E-state index >= 15 is 0 Å². The van der Waals surface area contributed by atoms with Crippen molar-refractivity contribution >= 4 is 27.5 Å². The monoisotopic (exact) mass is 451 g/mol. The molecule has 0 atom stereocenters. The molecule has 1 N–H and O–H groups in total. The van der Waals surface area contributed by atoms with Crippen LogP contribution in [0.25, 0.3) is 5.69 Å². The highest BCUT2D eigenvalue weighted by atomic mass is 32.2. The normalized spacial score (nSPS) is 15.3. The molecule has 1 amide bonds. The summed E-state index contributed by atoms with van der Waals surface area (Å²) in [5, 5.41) is 2.81. The third-order valence-electron chi connectivity index (χ3n) is 5.53. The van der Waals surface area contributed by atoms with Gasteiger partial charge in [0.1, 0.15) is 5.84 Å². The largest absolute Gasteiger partial charge is 0.362 e. The second-order valence-electron chi connectivity index (χ2n) is 7.82. The summed E-state index contributed by atoms with van der Waals surface area (Å²) < 4.78 is 31.5. The number of aryl methyl sites for hydroxylation is 1. The van der Waals surface area contributed by atoms with Crippen molar-refractivity contribution in [3.05, 3.63) is 71.8 Å². The minimum atomic E-state index is -3.86. The lowest BCUT2D eigenvalue weighted by Crippen LogP contribution is -2.20. The van der Waals surface area contributed by atoms with E-state index in [0.29, 0.717) is 23.5 Å².